The highest BCUT2D eigenvalue weighted by molar-refractivity contribution is 6.30. The van der Waals surface area contributed by atoms with Gasteiger partial charge in [0.15, 0.2) is 0 Å². The van der Waals surface area contributed by atoms with E-state index in [-0.39, 0.29) is 0 Å². The van der Waals surface area contributed by atoms with Crippen LogP contribution in [0.15, 0.2) is 12.3 Å². The molecule has 0 bridgehead atoms. The van der Waals surface area contributed by atoms with Crippen molar-refractivity contribution in [2.24, 2.45) is 0 Å². The predicted octanol–water partition coefficient (Wildman–Crippen LogP) is 3.07. The summed E-state index contributed by atoms with van der Waals surface area (Å²) in [6, 6.07) is 2.32. The Hall–Kier alpha value is -0.800. The number of fused-ring (bicyclic) bond motifs is 1. The summed E-state index contributed by atoms with van der Waals surface area (Å²) in [5, 5.41) is 1.02. The Morgan fingerprint density at radius 1 is 1.36 bits per heavy atom. The van der Waals surface area contributed by atoms with E-state index in [4.69, 9.17) is 23.2 Å². The predicted molar refractivity (Wildman–Crippen MR) is 55.8 cm³/mol. The van der Waals surface area contributed by atoms with E-state index in [0.29, 0.717) is 16.5 Å². The monoisotopic (exact) mass is 227 g/mol. The lowest BCUT2D eigenvalue weighted by molar-refractivity contribution is 0.767. The van der Waals surface area contributed by atoms with Gasteiger partial charge in [0.2, 0.25) is 5.28 Å². The molecule has 0 aliphatic heterocycles. The minimum Gasteiger partial charge on any atom is -0.311 e. The highest BCUT2D eigenvalue weighted by Gasteiger charge is 2.27. The van der Waals surface area contributed by atoms with Gasteiger partial charge in [-0.05, 0) is 24.4 Å². The first-order valence-electron chi connectivity index (χ1n) is 4.44. The summed E-state index contributed by atoms with van der Waals surface area (Å²) in [6.45, 7) is 0. The molecule has 1 fully saturated rings. The van der Waals surface area contributed by atoms with Crippen LogP contribution in [0.3, 0.4) is 0 Å². The van der Waals surface area contributed by atoms with Gasteiger partial charge in [0, 0.05) is 12.1 Å². The summed E-state index contributed by atoms with van der Waals surface area (Å²) in [4.78, 5) is 8.20. The Morgan fingerprint density at radius 2 is 2.14 bits per heavy atom. The molecule has 0 aromatic carbocycles. The summed E-state index contributed by atoms with van der Waals surface area (Å²) in [5.41, 5.74) is 1.80. The van der Waals surface area contributed by atoms with Crippen molar-refractivity contribution in [1.82, 2.24) is 14.5 Å². The highest BCUT2D eigenvalue weighted by Crippen LogP contribution is 2.40. The zero-order valence-corrected chi connectivity index (χ0v) is 8.76. The smallest absolute Gasteiger partial charge is 0.204 e. The van der Waals surface area contributed by atoms with Crippen LogP contribution in [0.25, 0.3) is 11.0 Å². The molecule has 3 rings (SSSR count). The van der Waals surface area contributed by atoms with E-state index in [1.807, 2.05) is 10.6 Å². The molecular formula is C9H7Cl2N3. The minimum absolute atomic E-state index is 0.482. The molecular weight excluding hydrogens is 221 g/mol. The van der Waals surface area contributed by atoms with Crippen molar-refractivity contribution >= 4 is 34.2 Å². The highest BCUT2D eigenvalue weighted by atomic mass is 35.5. The number of aromatic nitrogens is 3. The summed E-state index contributed by atoms with van der Waals surface area (Å²) in [6.07, 6.45) is 4.00. The fourth-order valence-electron chi connectivity index (χ4n) is 1.62. The average molecular weight is 228 g/mol. The number of nitrogens with zero attached hydrogens (tertiary/aromatic N) is 3. The van der Waals surface area contributed by atoms with Gasteiger partial charge in [0.05, 0.1) is 11.7 Å². The van der Waals surface area contributed by atoms with Crippen LogP contribution in [0.4, 0.5) is 0 Å². The lowest BCUT2D eigenvalue weighted by atomic mass is 10.4. The molecule has 1 aliphatic rings. The van der Waals surface area contributed by atoms with Gasteiger partial charge in [-0.2, -0.15) is 0 Å². The van der Waals surface area contributed by atoms with E-state index < -0.39 is 0 Å². The molecule has 0 atom stereocenters. The van der Waals surface area contributed by atoms with Crippen molar-refractivity contribution < 1.29 is 0 Å². The van der Waals surface area contributed by atoms with Crippen molar-refractivity contribution in [2.75, 3.05) is 0 Å². The lowest BCUT2D eigenvalue weighted by Crippen LogP contribution is -1.93. The Bertz CT molecular complexity index is 502. The van der Waals surface area contributed by atoms with Crippen LogP contribution < -0.4 is 0 Å². The van der Waals surface area contributed by atoms with Gasteiger partial charge in [-0.15, -0.1) is 0 Å². The number of hydrogen-bond donors (Lipinski definition) is 0. The second-order valence-corrected chi connectivity index (χ2v) is 4.20. The fourth-order valence-corrected chi connectivity index (χ4v) is 2.10. The third kappa shape index (κ3) is 1.20. The molecule has 1 saturated carbocycles. The van der Waals surface area contributed by atoms with E-state index in [0.717, 1.165) is 11.0 Å². The number of hydrogen-bond acceptors (Lipinski definition) is 2. The van der Waals surface area contributed by atoms with Crippen LogP contribution in [0.2, 0.25) is 10.4 Å². The molecule has 2 aromatic heterocycles. The maximum atomic E-state index is 6.04. The zero-order valence-electron chi connectivity index (χ0n) is 7.24. The van der Waals surface area contributed by atoms with Crippen LogP contribution in [-0.2, 0) is 0 Å². The molecule has 14 heavy (non-hydrogen) atoms. The molecule has 0 N–H and O–H groups in total. The van der Waals surface area contributed by atoms with Crippen molar-refractivity contribution in [3.63, 3.8) is 0 Å². The Morgan fingerprint density at radius 3 is 2.86 bits per heavy atom. The van der Waals surface area contributed by atoms with Crippen molar-refractivity contribution in [3.8, 4) is 0 Å². The van der Waals surface area contributed by atoms with E-state index in [9.17, 15) is 0 Å². The Labute approximate surface area is 90.7 Å². The largest absolute Gasteiger partial charge is 0.311 e. The lowest BCUT2D eigenvalue weighted by Gasteiger charge is -2.01. The summed E-state index contributed by atoms with van der Waals surface area (Å²) >= 11 is 11.9. The molecule has 0 amide bonds. The van der Waals surface area contributed by atoms with E-state index in [1.165, 1.54) is 12.8 Å². The first-order valence-corrected chi connectivity index (χ1v) is 5.20. The van der Waals surface area contributed by atoms with Gasteiger partial charge >= 0.3 is 0 Å². The van der Waals surface area contributed by atoms with Gasteiger partial charge in [-0.3, -0.25) is 0 Å². The van der Waals surface area contributed by atoms with E-state index in [2.05, 4.69) is 9.97 Å². The minimum atomic E-state index is 0.482. The van der Waals surface area contributed by atoms with Crippen molar-refractivity contribution in [3.05, 3.63) is 22.7 Å². The maximum Gasteiger partial charge on any atom is 0.204 e. The van der Waals surface area contributed by atoms with Gasteiger partial charge in [0.25, 0.3) is 0 Å². The average Bonchev–Trinajstić information content (AvgIpc) is 2.90. The summed E-state index contributed by atoms with van der Waals surface area (Å²) in [7, 11) is 0. The third-order valence-electron chi connectivity index (χ3n) is 2.41. The fraction of sp³-hybridized carbons (Fsp3) is 0.333. The normalized spacial score (nSPS) is 16.4. The number of pyridine rings is 1. The zero-order chi connectivity index (χ0) is 9.71. The Kier molecular flexibility index (Phi) is 1.73. The van der Waals surface area contributed by atoms with Crippen LogP contribution >= 0.6 is 23.2 Å². The standard InChI is InChI=1S/C9H7Cl2N3/c10-8-3-7-6(4-12-8)13-9(11)14(7)5-1-2-5/h3-5H,1-2H2. The second-order valence-electron chi connectivity index (χ2n) is 3.48. The van der Waals surface area contributed by atoms with Gasteiger partial charge in [-0.25, -0.2) is 9.97 Å². The van der Waals surface area contributed by atoms with Crippen LogP contribution in [0.1, 0.15) is 18.9 Å². The van der Waals surface area contributed by atoms with Crippen LogP contribution in [-0.4, -0.2) is 14.5 Å². The number of halogens is 2. The first kappa shape index (κ1) is 8.50. The molecule has 1 aliphatic carbocycles. The van der Waals surface area contributed by atoms with E-state index in [1.54, 1.807) is 6.20 Å². The van der Waals surface area contributed by atoms with Gasteiger partial charge in [0.1, 0.15) is 10.7 Å². The molecule has 0 saturated heterocycles. The Balaban J connectivity index is 2.34. The molecule has 0 radical (unpaired) electrons. The molecule has 2 aromatic rings. The maximum absolute atomic E-state index is 6.04. The van der Waals surface area contributed by atoms with Crippen molar-refractivity contribution in [1.29, 1.82) is 0 Å². The molecule has 0 spiro atoms. The SMILES string of the molecule is Clc1cc2c(cn1)nc(Cl)n2C1CC1. The third-order valence-corrected chi connectivity index (χ3v) is 2.88. The molecule has 3 nitrogen and oxygen atoms in total. The summed E-state index contributed by atoms with van der Waals surface area (Å²) in [5.74, 6) is 0. The van der Waals surface area contributed by atoms with Crippen molar-refractivity contribution in [2.45, 2.75) is 18.9 Å². The molecule has 0 unspecified atom stereocenters. The molecule has 5 heteroatoms. The van der Waals surface area contributed by atoms with Crippen LogP contribution in [0, 0.1) is 0 Å². The first-order chi connectivity index (χ1) is 6.75. The number of rotatable bonds is 1. The van der Waals surface area contributed by atoms with E-state index >= 15 is 0 Å². The molecule has 2 heterocycles. The quantitative estimate of drug-likeness (QED) is 0.702. The topological polar surface area (TPSA) is 30.7 Å². The van der Waals surface area contributed by atoms with Gasteiger partial charge < -0.3 is 4.57 Å². The number of imidazole rings is 1. The van der Waals surface area contributed by atoms with Gasteiger partial charge in [-0.1, -0.05) is 11.6 Å². The second kappa shape index (κ2) is 2.84. The van der Waals surface area contributed by atoms with Crippen LogP contribution in [0.5, 0.6) is 0 Å². The summed E-state index contributed by atoms with van der Waals surface area (Å²) < 4.78 is 2.03. The molecule has 72 valence electrons.